The van der Waals surface area contributed by atoms with Crippen molar-refractivity contribution >= 4 is 5.65 Å². The second kappa shape index (κ2) is 4.06. The molecule has 0 saturated heterocycles. The minimum absolute atomic E-state index is 0.0321. The zero-order valence-corrected chi connectivity index (χ0v) is 9.40. The van der Waals surface area contributed by atoms with Crippen LogP contribution in [0.4, 0.5) is 0 Å². The highest BCUT2D eigenvalue weighted by Gasteiger charge is 2.09. The Morgan fingerprint density at radius 2 is 2.19 bits per heavy atom. The summed E-state index contributed by atoms with van der Waals surface area (Å²) in [5, 5.41) is 8.92. The van der Waals surface area contributed by atoms with Crippen LogP contribution in [-0.4, -0.2) is 21.1 Å². The highest BCUT2D eigenvalue weighted by Crippen LogP contribution is 2.08. The maximum atomic E-state index is 12.1. The number of aliphatic hydroxyl groups is 1. The standard InChI is InChI=1S/C12H14N2O2/c1-8-4-3-6-14-11(8)13-9(2)10(5-7-15)12(14)16/h3-4,6,15H,5,7H2,1-2H3. The number of hydrogen-bond acceptors (Lipinski definition) is 3. The number of aryl methyl sites for hydroxylation is 2. The van der Waals surface area contributed by atoms with Gasteiger partial charge in [-0.3, -0.25) is 9.20 Å². The van der Waals surface area contributed by atoms with E-state index < -0.39 is 0 Å². The predicted molar refractivity (Wildman–Crippen MR) is 61.7 cm³/mol. The van der Waals surface area contributed by atoms with Gasteiger partial charge in [-0.1, -0.05) is 6.07 Å². The predicted octanol–water partition coefficient (Wildman–Crippen LogP) is 0.846. The van der Waals surface area contributed by atoms with Gasteiger partial charge in [0.25, 0.3) is 5.56 Å². The largest absolute Gasteiger partial charge is 0.396 e. The molecular formula is C12H14N2O2. The molecule has 0 radical (unpaired) electrons. The number of aromatic nitrogens is 2. The Kier molecular flexibility index (Phi) is 2.75. The molecule has 0 bridgehead atoms. The summed E-state index contributed by atoms with van der Waals surface area (Å²) >= 11 is 0. The van der Waals surface area contributed by atoms with Gasteiger partial charge in [-0.25, -0.2) is 4.98 Å². The van der Waals surface area contributed by atoms with E-state index in [1.165, 1.54) is 4.40 Å². The highest BCUT2D eigenvalue weighted by atomic mass is 16.3. The van der Waals surface area contributed by atoms with Crippen LogP contribution in [0, 0.1) is 13.8 Å². The molecule has 2 aromatic heterocycles. The maximum Gasteiger partial charge on any atom is 0.261 e. The lowest BCUT2D eigenvalue weighted by atomic mass is 10.1. The molecule has 0 aromatic carbocycles. The third-order valence-corrected chi connectivity index (χ3v) is 2.71. The van der Waals surface area contributed by atoms with E-state index in [1.54, 1.807) is 13.1 Å². The van der Waals surface area contributed by atoms with Gasteiger partial charge < -0.3 is 5.11 Å². The van der Waals surface area contributed by atoms with Gasteiger partial charge in [-0.05, 0) is 25.5 Å². The van der Waals surface area contributed by atoms with Crippen molar-refractivity contribution in [3.05, 3.63) is 45.5 Å². The van der Waals surface area contributed by atoms with Crippen LogP contribution >= 0.6 is 0 Å². The quantitative estimate of drug-likeness (QED) is 0.813. The molecule has 0 aliphatic heterocycles. The van der Waals surface area contributed by atoms with Crippen molar-refractivity contribution in [3.8, 4) is 0 Å². The summed E-state index contributed by atoms with van der Waals surface area (Å²) < 4.78 is 1.54. The fourth-order valence-electron chi connectivity index (χ4n) is 1.84. The van der Waals surface area contributed by atoms with Crippen LogP contribution in [-0.2, 0) is 6.42 Å². The number of nitrogens with zero attached hydrogens (tertiary/aromatic N) is 2. The van der Waals surface area contributed by atoms with Crippen molar-refractivity contribution in [2.45, 2.75) is 20.3 Å². The molecule has 2 rings (SSSR count). The molecule has 0 aliphatic rings. The minimum atomic E-state index is -0.0831. The molecule has 2 aromatic rings. The number of aliphatic hydroxyl groups excluding tert-OH is 1. The van der Waals surface area contributed by atoms with Crippen molar-refractivity contribution in [1.82, 2.24) is 9.38 Å². The van der Waals surface area contributed by atoms with Gasteiger partial charge in [0.2, 0.25) is 0 Å². The topological polar surface area (TPSA) is 54.6 Å². The first kappa shape index (κ1) is 10.8. The van der Waals surface area contributed by atoms with E-state index in [0.29, 0.717) is 23.3 Å². The van der Waals surface area contributed by atoms with Gasteiger partial charge in [0.15, 0.2) is 0 Å². The van der Waals surface area contributed by atoms with Crippen LogP contribution in [0.5, 0.6) is 0 Å². The molecule has 1 N–H and O–H groups in total. The van der Waals surface area contributed by atoms with Crippen molar-refractivity contribution in [1.29, 1.82) is 0 Å². The lowest BCUT2D eigenvalue weighted by Crippen LogP contribution is -2.22. The van der Waals surface area contributed by atoms with E-state index in [9.17, 15) is 4.79 Å². The first-order valence-electron chi connectivity index (χ1n) is 5.23. The van der Waals surface area contributed by atoms with Crippen LogP contribution in [0.3, 0.4) is 0 Å². The first-order valence-corrected chi connectivity index (χ1v) is 5.23. The third-order valence-electron chi connectivity index (χ3n) is 2.71. The van der Waals surface area contributed by atoms with Gasteiger partial charge in [-0.2, -0.15) is 0 Å². The van der Waals surface area contributed by atoms with Crippen LogP contribution in [0.25, 0.3) is 5.65 Å². The highest BCUT2D eigenvalue weighted by molar-refractivity contribution is 5.47. The summed E-state index contributed by atoms with van der Waals surface area (Å²) in [4.78, 5) is 16.5. The molecule has 4 heteroatoms. The minimum Gasteiger partial charge on any atom is -0.396 e. The van der Waals surface area contributed by atoms with Crippen molar-refractivity contribution in [2.24, 2.45) is 0 Å². The molecule has 0 unspecified atom stereocenters. The van der Waals surface area contributed by atoms with E-state index in [4.69, 9.17) is 5.11 Å². The fraction of sp³-hybridized carbons (Fsp3) is 0.333. The zero-order valence-electron chi connectivity index (χ0n) is 9.40. The van der Waals surface area contributed by atoms with E-state index >= 15 is 0 Å². The first-order chi connectivity index (χ1) is 7.65. The number of pyridine rings is 1. The van der Waals surface area contributed by atoms with Gasteiger partial charge in [0.1, 0.15) is 5.65 Å². The van der Waals surface area contributed by atoms with Gasteiger partial charge >= 0.3 is 0 Å². The Bertz CT molecular complexity index is 587. The van der Waals surface area contributed by atoms with Crippen LogP contribution < -0.4 is 5.56 Å². The Hall–Kier alpha value is -1.68. The average molecular weight is 218 g/mol. The average Bonchev–Trinajstić information content (AvgIpc) is 2.26. The Morgan fingerprint density at radius 3 is 2.88 bits per heavy atom. The van der Waals surface area contributed by atoms with E-state index in [1.807, 2.05) is 19.1 Å². The molecule has 0 spiro atoms. The Labute approximate surface area is 93.2 Å². The number of hydrogen-bond donors (Lipinski definition) is 1. The van der Waals surface area contributed by atoms with Crippen LogP contribution in [0.1, 0.15) is 16.8 Å². The summed E-state index contributed by atoms with van der Waals surface area (Å²) in [6.45, 7) is 3.70. The molecule has 16 heavy (non-hydrogen) atoms. The molecule has 0 saturated carbocycles. The second-order valence-electron chi connectivity index (χ2n) is 3.84. The monoisotopic (exact) mass is 218 g/mol. The SMILES string of the molecule is Cc1nc2c(C)cccn2c(=O)c1CCO. The Morgan fingerprint density at radius 1 is 1.44 bits per heavy atom. The summed E-state index contributed by atoms with van der Waals surface area (Å²) in [6.07, 6.45) is 2.06. The normalized spacial score (nSPS) is 10.9. The van der Waals surface area contributed by atoms with Gasteiger partial charge in [-0.15, -0.1) is 0 Å². The molecule has 84 valence electrons. The van der Waals surface area contributed by atoms with E-state index in [2.05, 4.69) is 4.98 Å². The molecule has 2 heterocycles. The van der Waals surface area contributed by atoms with E-state index in [-0.39, 0.29) is 12.2 Å². The maximum absolute atomic E-state index is 12.1. The number of rotatable bonds is 2. The Balaban J connectivity index is 2.84. The van der Waals surface area contributed by atoms with Crippen molar-refractivity contribution in [2.75, 3.05) is 6.61 Å². The molecular weight excluding hydrogens is 204 g/mol. The number of fused-ring (bicyclic) bond motifs is 1. The van der Waals surface area contributed by atoms with E-state index in [0.717, 1.165) is 5.56 Å². The lowest BCUT2D eigenvalue weighted by molar-refractivity contribution is 0.298. The molecule has 0 fully saturated rings. The third kappa shape index (κ3) is 1.61. The van der Waals surface area contributed by atoms with Crippen LogP contribution in [0.2, 0.25) is 0 Å². The molecule has 0 aliphatic carbocycles. The zero-order chi connectivity index (χ0) is 11.7. The van der Waals surface area contributed by atoms with Crippen molar-refractivity contribution in [3.63, 3.8) is 0 Å². The second-order valence-corrected chi connectivity index (χ2v) is 3.84. The fourth-order valence-corrected chi connectivity index (χ4v) is 1.84. The summed E-state index contributed by atoms with van der Waals surface area (Å²) in [5.41, 5.74) is 2.86. The molecule has 0 amide bonds. The molecule has 0 atom stereocenters. The smallest absolute Gasteiger partial charge is 0.261 e. The molecule has 4 nitrogen and oxygen atoms in total. The van der Waals surface area contributed by atoms with Gasteiger partial charge in [0, 0.05) is 30.5 Å². The summed E-state index contributed by atoms with van der Waals surface area (Å²) in [5.74, 6) is 0. The van der Waals surface area contributed by atoms with Crippen LogP contribution in [0.15, 0.2) is 23.1 Å². The van der Waals surface area contributed by atoms with Gasteiger partial charge in [0.05, 0.1) is 0 Å². The lowest BCUT2D eigenvalue weighted by Gasteiger charge is -2.08. The summed E-state index contributed by atoms with van der Waals surface area (Å²) in [7, 11) is 0. The summed E-state index contributed by atoms with van der Waals surface area (Å²) in [6, 6.07) is 3.75. The van der Waals surface area contributed by atoms with Crippen molar-refractivity contribution < 1.29 is 5.11 Å².